The highest BCUT2D eigenvalue weighted by Gasteiger charge is 2.50. The zero-order valence-corrected chi connectivity index (χ0v) is 24.2. The van der Waals surface area contributed by atoms with Crippen LogP contribution in [0.15, 0.2) is 0 Å². The lowest BCUT2D eigenvalue weighted by atomic mass is 9.92. The first-order valence-corrected chi connectivity index (χ1v) is 13.8. The van der Waals surface area contributed by atoms with E-state index in [4.69, 9.17) is 0 Å². The third-order valence-electron chi connectivity index (χ3n) is 8.42. The molecule has 0 aromatic rings. The van der Waals surface area contributed by atoms with Gasteiger partial charge in [0.15, 0.2) is 0 Å². The van der Waals surface area contributed by atoms with E-state index < -0.39 is 0 Å². The van der Waals surface area contributed by atoms with Gasteiger partial charge in [-0.05, 0) is 101 Å². The summed E-state index contributed by atoms with van der Waals surface area (Å²) in [5.41, 5.74) is 0.115. The quantitative estimate of drug-likeness (QED) is 0.665. The molecule has 1 amide bonds. The smallest absolute Gasteiger partial charge is 0.238 e. The summed E-state index contributed by atoms with van der Waals surface area (Å²) < 4.78 is 0. The molecule has 3 heterocycles. The number of rotatable bonds is 3. The van der Waals surface area contributed by atoms with E-state index in [-0.39, 0.29) is 34.7 Å². The molecule has 0 radical (unpaired) electrons. The maximum Gasteiger partial charge on any atom is 0.238 e. The maximum absolute atomic E-state index is 13.9. The van der Waals surface area contributed by atoms with Crippen molar-refractivity contribution in [3.05, 3.63) is 0 Å². The Kier molecular flexibility index (Phi) is 8.19. The standard InChI is InChI=1S/C28H55N5O/c1-20-12-15-24(32(18-20)27(5,6)7)29-25(34)22-14-13-21(33(22)28(8,9)10)23-19-30(11)16-17-31(23)26(2,3)4/h20-24H,12-19H2,1-11H3,(H,29,34). The average molecular weight is 478 g/mol. The Hall–Kier alpha value is -0.690. The van der Waals surface area contributed by atoms with Crippen molar-refractivity contribution in [1.82, 2.24) is 24.9 Å². The third kappa shape index (κ3) is 6.16. The molecule has 3 aliphatic rings. The maximum atomic E-state index is 13.9. The molecular formula is C28H55N5O. The zero-order chi connectivity index (χ0) is 25.6. The van der Waals surface area contributed by atoms with Gasteiger partial charge < -0.3 is 10.2 Å². The first-order valence-electron chi connectivity index (χ1n) is 13.8. The van der Waals surface area contributed by atoms with Crippen molar-refractivity contribution in [3.63, 3.8) is 0 Å². The number of hydrogen-bond donors (Lipinski definition) is 1. The molecule has 3 rings (SSSR count). The molecule has 3 aliphatic heterocycles. The molecule has 0 spiro atoms. The summed E-state index contributed by atoms with van der Waals surface area (Å²) in [6, 6.07) is 0.778. The van der Waals surface area contributed by atoms with Gasteiger partial charge in [-0.3, -0.25) is 19.5 Å². The highest BCUT2D eigenvalue weighted by atomic mass is 16.2. The second-order valence-electron chi connectivity index (χ2n) is 14.5. The van der Waals surface area contributed by atoms with Crippen LogP contribution in [0.25, 0.3) is 0 Å². The largest absolute Gasteiger partial charge is 0.339 e. The van der Waals surface area contributed by atoms with Gasteiger partial charge >= 0.3 is 0 Å². The molecule has 0 aromatic heterocycles. The van der Waals surface area contributed by atoms with Crippen molar-refractivity contribution < 1.29 is 4.79 Å². The second kappa shape index (κ2) is 9.99. The SMILES string of the molecule is CC1CCC(NC(=O)C2CCC(C3CN(C)CCN3C(C)(C)C)N2C(C)(C)C)N(C(C)(C)C)C1. The Morgan fingerprint density at radius 1 is 0.735 bits per heavy atom. The second-order valence-corrected chi connectivity index (χ2v) is 14.5. The number of nitrogens with zero attached hydrogens (tertiary/aromatic N) is 4. The van der Waals surface area contributed by atoms with Gasteiger partial charge in [-0.2, -0.15) is 0 Å². The molecule has 3 fully saturated rings. The fourth-order valence-electron chi connectivity index (χ4n) is 6.86. The molecule has 5 atom stereocenters. The Balaban J connectivity index is 1.83. The number of piperidine rings is 1. The molecule has 0 bridgehead atoms. The highest BCUT2D eigenvalue weighted by molar-refractivity contribution is 5.82. The number of amides is 1. The number of hydrogen-bond acceptors (Lipinski definition) is 5. The van der Waals surface area contributed by atoms with E-state index in [2.05, 4.69) is 101 Å². The van der Waals surface area contributed by atoms with Gasteiger partial charge in [0.25, 0.3) is 0 Å². The van der Waals surface area contributed by atoms with Crippen molar-refractivity contribution in [2.45, 2.75) is 136 Å². The summed E-state index contributed by atoms with van der Waals surface area (Å²) in [4.78, 5) is 24.2. The number of likely N-dealkylation sites (tertiary alicyclic amines) is 2. The van der Waals surface area contributed by atoms with Crippen molar-refractivity contribution in [2.75, 3.05) is 33.2 Å². The Bertz CT molecular complexity index is 703. The lowest BCUT2D eigenvalue weighted by molar-refractivity contribution is -0.133. The van der Waals surface area contributed by atoms with Crippen molar-refractivity contribution in [1.29, 1.82) is 0 Å². The fraction of sp³-hybridized carbons (Fsp3) is 0.964. The van der Waals surface area contributed by atoms with Crippen LogP contribution < -0.4 is 5.32 Å². The van der Waals surface area contributed by atoms with Gasteiger partial charge in [0, 0.05) is 54.9 Å². The number of piperazine rings is 1. The molecule has 34 heavy (non-hydrogen) atoms. The predicted molar refractivity (Wildman–Crippen MR) is 143 cm³/mol. The van der Waals surface area contributed by atoms with Crippen LogP contribution in [0.2, 0.25) is 0 Å². The Labute approximate surface area is 210 Å². The molecule has 0 saturated carbocycles. The summed E-state index contributed by atoms with van der Waals surface area (Å²) in [5.74, 6) is 0.915. The molecule has 6 heteroatoms. The van der Waals surface area contributed by atoms with Crippen LogP contribution in [-0.4, -0.2) is 99.6 Å². The van der Waals surface area contributed by atoms with E-state index in [1.807, 2.05) is 0 Å². The first-order chi connectivity index (χ1) is 15.5. The minimum absolute atomic E-state index is 0.0500. The first kappa shape index (κ1) is 27.9. The topological polar surface area (TPSA) is 42.1 Å². The number of carbonyl (C=O) groups excluding carboxylic acids is 1. The minimum atomic E-state index is -0.0620. The molecule has 3 saturated heterocycles. The summed E-state index contributed by atoms with van der Waals surface area (Å²) in [7, 11) is 2.25. The van der Waals surface area contributed by atoms with E-state index in [0.29, 0.717) is 18.0 Å². The van der Waals surface area contributed by atoms with E-state index in [0.717, 1.165) is 45.4 Å². The lowest BCUT2D eigenvalue weighted by Gasteiger charge is -2.53. The van der Waals surface area contributed by atoms with Crippen molar-refractivity contribution in [3.8, 4) is 0 Å². The van der Waals surface area contributed by atoms with Crippen LogP contribution >= 0.6 is 0 Å². The number of nitrogens with one attached hydrogen (secondary N) is 1. The normalized spacial score (nSPS) is 33.9. The number of carbonyl (C=O) groups is 1. The molecule has 198 valence electrons. The summed E-state index contributed by atoms with van der Waals surface area (Å²) >= 11 is 0. The molecule has 5 unspecified atom stereocenters. The fourth-order valence-corrected chi connectivity index (χ4v) is 6.86. The van der Waals surface area contributed by atoms with Crippen molar-refractivity contribution >= 4 is 5.91 Å². The van der Waals surface area contributed by atoms with Gasteiger partial charge in [0.2, 0.25) is 5.91 Å². The molecule has 6 nitrogen and oxygen atoms in total. The highest BCUT2D eigenvalue weighted by Crippen LogP contribution is 2.38. The van der Waals surface area contributed by atoms with Gasteiger partial charge in [0.05, 0.1) is 12.2 Å². The molecule has 0 aliphatic carbocycles. The van der Waals surface area contributed by atoms with Crippen LogP contribution in [0.5, 0.6) is 0 Å². The predicted octanol–water partition coefficient (Wildman–Crippen LogP) is 4.01. The molecule has 1 N–H and O–H groups in total. The van der Waals surface area contributed by atoms with Crippen LogP contribution in [0.3, 0.4) is 0 Å². The minimum Gasteiger partial charge on any atom is -0.339 e. The van der Waals surface area contributed by atoms with Crippen molar-refractivity contribution in [2.24, 2.45) is 5.92 Å². The van der Waals surface area contributed by atoms with E-state index >= 15 is 0 Å². The van der Waals surface area contributed by atoms with E-state index in [1.165, 1.54) is 6.42 Å². The third-order valence-corrected chi connectivity index (χ3v) is 8.42. The van der Waals surface area contributed by atoms with Crippen LogP contribution in [0.4, 0.5) is 0 Å². The zero-order valence-electron chi connectivity index (χ0n) is 24.2. The van der Waals surface area contributed by atoms with Gasteiger partial charge in [-0.15, -0.1) is 0 Å². The van der Waals surface area contributed by atoms with E-state index in [1.54, 1.807) is 0 Å². The van der Waals surface area contributed by atoms with Gasteiger partial charge in [-0.1, -0.05) is 6.92 Å². The van der Waals surface area contributed by atoms with Crippen LogP contribution in [0, 0.1) is 5.92 Å². The molecular weight excluding hydrogens is 422 g/mol. The Morgan fingerprint density at radius 2 is 1.35 bits per heavy atom. The monoisotopic (exact) mass is 477 g/mol. The lowest BCUT2D eigenvalue weighted by Crippen LogP contribution is -2.67. The average Bonchev–Trinajstić information content (AvgIpc) is 3.13. The summed E-state index contributed by atoms with van der Waals surface area (Å²) in [6.07, 6.45) is 4.40. The van der Waals surface area contributed by atoms with Crippen LogP contribution in [-0.2, 0) is 4.79 Å². The van der Waals surface area contributed by atoms with E-state index in [9.17, 15) is 4.79 Å². The Morgan fingerprint density at radius 3 is 1.91 bits per heavy atom. The van der Waals surface area contributed by atoms with Gasteiger partial charge in [0.1, 0.15) is 0 Å². The van der Waals surface area contributed by atoms with Crippen LogP contribution in [0.1, 0.15) is 94.9 Å². The number of likely N-dealkylation sites (N-methyl/N-ethyl adjacent to an activating group) is 1. The molecule has 0 aromatic carbocycles. The summed E-state index contributed by atoms with van der Waals surface area (Å²) in [5, 5.41) is 3.54. The van der Waals surface area contributed by atoms with Gasteiger partial charge in [-0.25, -0.2) is 0 Å². The summed E-state index contributed by atoms with van der Waals surface area (Å²) in [6.45, 7) is 27.4.